The lowest BCUT2D eigenvalue weighted by Crippen LogP contribution is -2.57. The summed E-state index contributed by atoms with van der Waals surface area (Å²) in [5.41, 5.74) is -0.696. The molecular formula is C16H26N2O3. The summed E-state index contributed by atoms with van der Waals surface area (Å²) >= 11 is 0. The second-order valence-corrected chi connectivity index (χ2v) is 7.00. The Bertz CT molecular complexity index is 429. The van der Waals surface area contributed by atoms with Crippen molar-refractivity contribution in [2.45, 2.75) is 70.1 Å². The number of nitrogens with one attached hydrogen (secondary N) is 1. The van der Waals surface area contributed by atoms with Crippen LogP contribution >= 0.6 is 0 Å². The zero-order valence-electron chi connectivity index (χ0n) is 13.1. The van der Waals surface area contributed by atoms with Crippen LogP contribution in [0.5, 0.6) is 0 Å². The van der Waals surface area contributed by atoms with E-state index in [0.717, 1.165) is 38.7 Å². The maximum atomic E-state index is 13.0. The lowest BCUT2D eigenvalue weighted by atomic mass is 9.93. The van der Waals surface area contributed by atoms with E-state index >= 15 is 0 Å². The fraction of sp³-hybridized carbons (Fsp3) is 0.875. The molecule has 0 aromatic heterocycles. The minimum atomic E-state index is -0.696. The van der Waals surface area contributed by atoms with Gasteiger partial charge >= 0.3 is 0 Å². The topological polar surface area (TPSA) is 58.6 Å². The highest BCUT2D eigenvalue weighted by molar-refractivity contribution is 5.94. The van der Waals surface area contributed by atoms with Crippen LogP contribution in [0.2, 0.25) is 0 Å². The smallest absolute Gasteiger partial charge is 0.248 e. The molecule has 0 bridgehead atoms. The Kier molecular flexibility index (Phi) is 3.95. The molecule has 21 heavy (non-hydrogen) atoms. The molecule has 0 aromatic rings. The molecule has 2 amide bonds. The fourth-order valence-corrected chi connectivity index (χ4v) is 3.69. The number of ether oxygens (including phenoxy) is 1. The summed E-state index contributed by atoms with van der Waals surface area (Å²) in [6.07, 6.45) is 5.85. The lowest BCUT2D eigenvalue weighted by molar-refractivity contribution is -0.140. The van der Waals surface area contributed by atoms with Gasteiger partial charge in [-0.25, -0.2) is 0 Å². The Morgan fingerprint density at radius 1 is 1.33 bits per heavy atom. The Morgan fingerprint density at radius 2 is 2.10 bits per heavy atom. The maximum Gasteiger partial charge on any atom is 0.248 e. The van der Waals surface area contributed by atoms with Gasteiger partial charge in [-0.2, -0.15) is 0 Å². The van der Waals surface area contributed by atoms with Crippen molar-refractivity contribution < 1.29 is 14.3 Å². The van der Waals surface area contributed by atoms with E-state index in [-0.39, 0.29) is 24.0 Å². The van der Waals surface area contributed by atoms with Crippen LogP contribution in [0.4, 0.5) is 0 Å². The molecule has 0 aromatic carbocycles. The molecule has 2 aliphatic heterocycles. The van der Waals surface area contributed by atoms with Crippen LogP contribution in [0, 0.1) is 5.92 Å². The van der Waals surface area contributed by atoms with E-state index in [1.54, 1.807) is 0 Å². The standard InChI is InChI=1S/C16H26N2O3/c1-11-10-14(19)17-16(2,12-5-6-12)15(20)18(11)8-7-13-4-3-9-21-13/h11-13H,3-10H2,1-2H3,(H,17,19). The van der Waals surface area contributed by atoms with Gasteiger partial charge in [-0.05, 0) is 51.9 Å². The molecule has 3 rings (SSSR count). The maximum absolute atomic E-state index is 13.0. The van der Waals surface area contributed by atoms with Crippen LogP contribution in [-0.2, 0) is 14.3 Å². The number of carbonyl (C=O) groups excluding carboxylic acids is 2. The van der Waals surface area contributed by atoms with E-state index < -0.39 is 5.54 Å². The van der Waals surface area contributed by atoms with Gasteiger partial charge in [-0.3, -0.25) is 9.59 Å². The molecule has 0 spiro atoms. The normalized spacial score (nSPS) is 37.5. The molecule has 1 aliphatic carbocycles. The molecule has 1 N–H and O–H groups in total. The van der Waals surface area contributed by atoms with Crippen molar-refractivity contribution in [1.82, 2.24) is 10.2 Å². The third kappa shape index (κ3) is 2.93. The number of carbonyl (C=O) groups is 2. The van der Waals surface area contributed by atoms with E-state index in [4.69, 9.17) is 4.74 Å². The van der Waals surface area contributed by atoms with Crippen LogP contribution in [0.15, 0.2) is 0 Å². The molecule has 1 saturated carbocycles. The predicted molar refractivity (Wildman–Crippen MR) is 78.7 cm³/mol. The van der Waals surface area contributed by atoms with Crippen LogP contribution in [0.25, 0.3) is 0 Å². The summed E-state index contributed by atoms with van der Waals surface area (Å²) < 4.78 is 5.66. The molecule has 2 heterocycles. The van der Waals surface area contributed by atoms with Gasteiger partial charge in [-0.1, -0.05) is 0 Å². The molecule has 0 radical (unpaired) electrons. The van der Waals surface area contributed by atoms with E-state index in [0.29, 0.717) is 18.9 Å². The van der Waals surface area contributed by atoms with Crippen LogP contribution < -0.4 is 5.32 Å². The number of nitrogens with zero attached hydrogens (tertiary/aromatic N) is 1. The largest absolute Gasteiger partial charge is 0.378 e. The van der Waals surface area contributed by atoms with Gasteiger partial charge in [0.1, 0.15) is 5.54 Å². The second-order valence-electron chi connectivity index (χ2n) is 7.00. The predicted octanol–water partition coefficient (Wildman–Crippen LogP) is 1.46. The second kappa shape index (κ2) is 5.59. The first-order valence-corrected chi connectivity index (χ1v) is 8.24. The first-order valence-electron chi connectivity index (χ1n) is 8.24. The van der Waals surface area contributed by atoms with Gasteiger partial charge in [0.2, 0.25) is 11.8 Å². The number of amides is 2. The third-order valence-corrected chi connectivity index (χ3v) is 5.23. The molecule has 2 saturated heterocycles. The third-order valence-electron chi connectivity index (χ3n) is 5.23. The van der Waals surface area contributed by atoms with Crippen molar-refractivity contribution in [1.29, 1.82) is 0 Å². The quantitative estimate of drug-likeness (QED) is 0.854. The van der Waals surface area contributed by atoms with Crippen LogP contribution in [0.3, 0.4) is 0 Å². The minimum Gasteiger partial charge on any atom is -0.378 e. The average molecular weight is 294 g/mol. The molecule has 3 unspecified atom stereocenters. The Morgan fingerprint density at radius 3 is 2.71 bits per heavy atom. The van der Waals surface area contributed by atoms with Crippen LogP contribution in [-0.4, -0.2) is 47.6 Å². The number of hydrogen-bond donors (Lipinski definition) is 1. The zero-order chi connectivity index (χ0) is 15.0. The van der Waals surface area contributed by atoms with Crippen molar-refractivity contribution in [2.24, 2.45) is 5.92 Å². The van der Waals surface area contributed by atoms with E-state index in [1.807, 2.05) is 18.7 Å². The van der Waals surface area contributed by atoms with Crippen molar-refractivity contribution in [2.75, 3.05) is 13.2 Å². The summed E-state index contributed by atoms with van der Waals surface area (Å²) in [5.74, 6) is 0.413. The minimum absolute atomic E-state index is 0.00451. The Balaban J connectivity index is 1.72. The van der Waals surface area contributed by atoms with Crippen molar-refractivity contribution in [3.05, 3.63) is 0 Å². The Hall–Kier alpha value is -1.10. The van der Waals surface area contributed by atoms with E-state index in [1.165, 1.54) is 0 Å². The first kappa shape index (κ1) is 14.8. The van der Waals surface area contributed by atoms with Gasteiger partial charge in [0.05, 0.1) is 6.10 Å². The molecule has 5 heteroatoms. The van der Waals surface area contributed by atoms with Crippen molar-refractivity contribution in [3.8, 4) is 0 Å². The monoisotopic (exact) mass is 294 g/mol. The SMILES string of the molecule is CC1CC(=O)NC(C)(C2CC2)C(=O)N1CCC1CCCO1. The molecule has 5 nitrogen and oxygen atoms in total. The highest BCUT2D eigenvalue weighted by atomic mass is 16.5. The van der Waals surface area contributed by atoms with Gasteiger partial charge in [0.25, 0.3) is 0 Å². The summed E-state index contributed by atoms with van der Waals surface area (Å²) in [6.45, 7) is 5.42. The number of rotatable bonds is 4. The van der Waals surface area contributed by atoms with Crippen LogP contribution in [0.1, 0.15) is 52.4 Å². The fourth-order valence-electron chi connectivity index (χ4n) is 3.69. The van der Waals surface area contributed by atoms with E-state index in [9.17, 15) is 9.59 Å². The molecule has 3 aliphatic rings. The highest BCUT2D eigenvalue weighted by Crippen LogP contribution is 2.41. The van der Waals surface area contributed by atoms with Gasteiger partial charge in [-0.15, -0.1) is 0 Å². The van der Waals surface area contributed by atoms with Gasteiger partial charge < -0.3 is 15.0 Å². The van der Waals surface area contributed by atoms with Gasteiger partial charge in [0, 0.05) is 25.6 Å². The number of hydrogen-bond acceptors (Lipinski definition) is 3. The molecule has 3 atom stereocenters. The highest BCUT2D eigenvalue weighted by Gasteiger charge is 2.52. The van der Waals surface area contributed by atoms with Crippen molar-refractivity contribution >= 4 is 11.8 Å². The summed E-state index contributed by atoms with van der Waals surface area (Å²) in [7, 11) is 0. The molecule has 118 valence electrons. The molecule has 3 fully saturated rings. The van der Waals surface area contributed by atoms with Gasteiger partial charge in [0.15, 0.2) is 0 Å². The average Bonchev–Trinajstić information content (AvgIpc) is 3.17. The first-order chi connectivity index (χ1) is 10.0. The summed E-state index contributed by atoms with van der Waals surface area (Å²) in [4.78, 5) is 27.0. The zero-order valence-corrected chi connectivity index (χ0v) is 13.1. The summed E-state index contributed by atoms with van der Waals surface area (Å²) in [5, 5.41) is 2.99. The van der Waals surface area contributed by atoms with E-state index in [2.05, 4.69) is 5.32 Å². The summed E-state index contributed by atoms with van der Waals surface area (Å²) in [6, 6.07) is -0.0283. The Labute approximate surface area is 126 Å². The van der Waals surface area contributed by atoms with Crippen molar-refractivity contribution in [3.63, 3.8) is 0 Å². The lowest BCUT2D eigenvalue weighted by Gasteiger charge is -2.35. The molecular weight excluding hydrogens is 268 g/mol.